The number of piperidine rings is 1. The molecule has 0 aromatic heterocycles. The van der Waals surface area contributed by atoms with Crippen molar-refractivity contribution >= 4 is 16.6 Å². The molecule has 2 saturated carbocycles. The zero-order valence-corrected chi connectivity index (χ0v) is 20.9. The first-order valence-electron chi connectivity index (χ1n) is 14.0. The van der Waals surface area contributed by atoms with E-state index in [0.29, 0.717) is 31.4 Å². The molecule has 1 saturated heterocycles. The summed E-state index contributed by atoms with van der Waals surface area (Å²) >= 11 is 0. The van der Waals surface area contributed by atoms with Gasteiger partial charge in [-0.05, 0) is 90.9 Å². The van der Waals surface area contributed by atoms with Crippen molar-refractivity contribution in [2.24, 2.45) is 11.3 Å². The fraction of sp³-hybridized carbons (Fsp3) is 0.469. The Hall–Kier alpha value is -2.89. The summed E-state index contributed by atoms with van der Waals surface area (Å²) in [6.45, 7) is 1.89. The van der Waals surface area contributed by atoms with Crippen LogP contribution in [0.1, 0.15) is 47.9 Å². The molecule has 2 spiro atoms. The van der Waals surface area contributed by atoms with Crippen LogP contribution in [-0.2, 0) is 29.5 Å². The van der Waals surface area contributed by atoms with E-state index in [1.807, 2.05) is 6.07 Å². The molecule has 9 rings (SSSR count). The van der Waals surface area contributed by atoms with Crippen LogP contribution in [0.3, 0.4) is 0 Å². The van der Waals surface area contributed by atoms with E-state index in [0.717, 1.165) is 36.6 Å². The van der Waals surface area contributed by atoms with Crippen LogP contribution in [0.5, 0.6) is 11.5 Å². The number of aromatic hydroxyl groups is 1. The number of aliphatic hydroxyl groups is 1. The first-order valence-corrected chi connectivity index (χ1v) is 14.0. The molecule has 2 bridgehead atoms. The second kappa shape index (κ2) is 6.57. The fourth-order valence-electron chi connectivity index (χ4n) is 9.28. The number of ketones is 1. The van der Waals surface area contributed by atoms with Gasteiger partial charge in [-0.2, -0.15) is 0 Å². The first-order chi connectivity index (χ1) is 17.9. The minimum absolute atomic E-state index is 0.0382. The van der Waals surface area contributed by atoms with Crippen molar-refractivity contribution < 1.29 is 19.7 Å². The molecule has 0 amide bonds. The van der Waals surface area contributed by atoms with E-state index in [9.17, 15) is 15.0 Å². The average molecular weight is 494 g/mol. The van der Waals surface area contributed by atoms with Crippen molar-refractivity contribution in [1.82, 2.24) is 4.90 Å². The maximum Gasteiger partial charge on any atom is 0.181 e. The van der Waals surface area contributed by atoms with Gasteiger partial charge in [-0.25, -0.2) is 0 Å². The lowest BCUT2D eigenvalue weighted by Crippen LogP contribution is -2.79. The quantitative estimate of drug-likeness (QED) is 0.563. The van der Waals surface area contributed by atoms with E-state index >= 15 is 0 Å². The van der Waals surface area contributed by atoms with E-state index in [4.69, 9.17) is 4.74 Å². The number of benzene rings is 3. The molecule has 188 valence electrons. The van der Waals surface area contributed by atoms with Crippen LogP contribution in [0.4, 0.5) is 0 Å². The summed E-state index contributed by atoms with van der Waals surface area (Å²) in [4.78, 5) is 17.2. The SMILES string of the molecule is O=C1[C@@H]2Oc3c(O)ccc4c3[C@@]23CCN(CC2CC2)[C@H](C4)[C@]3(O)CC12Cc1cc3ccccc3cc1C2. The van der Waals surface area contributed by atoms with Gasteiger partial charge in [-0.1, -0.05) is 42.5 Å². The number of rotatable bonds is 2. The van der Waals surface area contributed by atoms with Crippen LogP contribution in [0.15, 0.2) is 48.5 Å². The molecule has 4 aliphatic carbocycles. The van der Waals surface area contributed by atoms with Gasteiger partial charge >= 0.3 is 0 Å². The van der Waals surface area contributed by atoms with Gasteiger partial charge in [0, 0.05) is 23.6 Å². The fourth-order valence-corrected chi connectivity index (χ4v) is 9.28. The molecule has 5 heteroatoms. The molecular formula is C32H31NO4. The van der Waals surface area contributed by atoms with Gasteiger partial charge < -0.3 is 14.9 Å². The van der Waals surface area contributed by atoms with Crippen molar-refractivity contribution in [2.75, 3.05) is 13.1 Å². The van der Waals surface area contributed by atoms with Gasteiger partial charge in [0.15, 0.2) is 23.4 Å². The highest BCUT2D eigenvalue weighted by Gasteiger charge is 2.77. The molecule has 3 fully saturated rings. The number of nitrogens with zero attached hydrogens (tertiary/aromatic N) is 1. The number of hydrogen-bond donors (Lipinski definition) is 2. The third-order valence-corrected chi connectivity index (χ3v) is 11.0. The number of ether oxygens (including phenoxy) is 1. The Morgan fingerprint density at radius 3 is 2.43 bits per heavy atom. The maximum absolute atomic E-state index is 14.6. The van der Waals surface area contributed by atoms with Crippen molar-refractivity contribution in [3.8, 4) is 11.5 Å². The molecular weight excluding hydrogens is 462 g/mol. The summed E-state index contributed by atoms with van der Waals surface area (Å²) in [6, 6.07) is 16.6. The number of phenolic OH excluding ortho intramolecular Hbond substituents is 1. The Balaban J connectivity index is 1.22. The topological polar surface area (TPSA) is 70.0 Å². The lowest BCUT2D eigenvalue weighted by atomic mass is 9.44. The highest BCUT2D eigenvalue weighted by Crippen LogP contribution is 2.68. The summed E-state index contributed by atoms with van der Waals surface area (Å²) < 4.78 is 6.50. The molecule has 3 aromatic rings. The zero-order valence-electron chi connectivity index (χ0n) is 20.9. The zero-order chi connectivity index (χ0) is 24.7. The lowest BCUT2D eigenvalue weighted by molar-refractivity contribution is -0.209. The second-order valence-electron chi connectivity index (χ2n) is 12.9. The van der Waals surface area contributed by atoms with Gasteiger partial charge in [0.1, 0.15) is 0 Å². The standard InChI is InChI=1S/C32H31NO4/c34-24-8-7-21-13-25-32(36)17-30(14-22-11-19-3-1-2-4-20(19)12-23(22)15-30)28(35)29-31(32,26(21)27(24)37-29)9-10-33(25)16-18-5-6-18/h1-4,7-8,11-12,18,25,29,34,36H,5-6,9-10,13-17H2/t25-,29+,31+,32-/m1/s1. The maximum atomic E-state index is 14.6. The number of fused-ring (bicyclic) bond motifs is 2. The van der Waals surface area contributed by atoms with Gasteiger partial charge in [0.2, 0.25) is 0 Å². The largest absolute Gasteiger partial charge is 0.504 e. The summed E-state index contributed by atoms with van der Waals surface area (Å²) in [5, 5.41) is 26.3. The Morgan fingerprint density at radius 1 is 1.00 bits per heavy atom. The average Bonchev–Trinajstić information content (AvgIpc) is 3.52. The number of likely N-dealkylation sites (tertiary alicyclic amines) is 1. The van der Waals surface area contributed by atoms with Crippen molar-refractivity contribution in [3.05, 3.63) is 70.8 Å². The van der Waals surface area contributed by atoms with Gasteiger partial charge in [-0.3, -0.25) is 9.69 Å². The normalized spacial score (nSPS) is 34.5. The number of carbonyl (C=O) groups excluding carboxylic acids is 1. The van der Waals surface area contributed by atoms with Crippen molar-refractivity contribution in [1.29, 1.82) is 0 Å². The van der Waals surface area contributed by atoms with E-state index in [1.54, 1.807) is 6.07 Å². The number of phenols is 1. The summed E-state index contributed by atoms with van der Waals surface area (Å²) in [6.07, 6.45) is 5.00. The number of carbonyl (C=O) groups is 1. The molecule has 0 radical (unpaired) electrons. The number of hydrogen-bond acceptors (Lipinski definition) is 5. The van der Waals surface area contributed by atoms with E-state index in [1.165, 1.54) is 34.7 Å². The van der Waals surface area contributed by atoms with Gasteiger partial charge in [-0.15, -0.1) is 0 Å². The minimum Gasteiger partial charge on any atom is -0.504 e. The van der Waals surface area contributed by atoms with Crippen LogP contribution in [0, 0.1) is 11.3 Å². The molecule has 2 heterocycles. The summed E-state index contributed by atoms with van der Waals surface area (Å²) in [7, 11) is 0. The lowest BCUT2D eigenvalue weighted by Gasteiger charge is -2.65. The monoisotopic (exact) mass is 493 g/mol. The Kier molecular flexibility index (Phi) is 3.74. The summed E-state index contributed by atoms with van der Waals surface area (Å²) in [5.74, 6) is 1.39. The van der Waals surface area contributed by atoms with Crippen molar-refractivity contribution in [2.45, 2.75) is 68.1 Å². The predicted octanol–water partition coefficient (Wildman–Crippen LogP) is 4.07. The Bertz CT molecular complexity index is 1500. The highest BCUT2D eigenvalue weighted by molar-refractivity contribution is 5.96. The molecule has 5 nitrogen and oxygen atoms in total. The van der Waals surface area contributed by atoms with Gasteiger partial charge in [0.05, 0.1) is 11.0 Å². The molecule has 0 unspecified atom stereocenters. The first kappa shape index (κ1) is 21.1. The predicted molar refractivity (Wildman–Crippen MR) is 139 cm³/mol. The van der Waals surface area contributed by atoms with Crippen LogP contribution in [-0.4, -0.2) is 51.7 Å². The van der Waals surface area contributed by atoms with Crippen LogP contribution < -0.4 is 4.74 Å². The van der Waals surface area contributed by atoms with E-state index < -0.39 is 22.5 Å². The highest BCUT2D eigenvalue weighted by atomic mass is 16.5. The van der Waals surface area contributed by atoms with Crippen LogP contribution >= 0.6 is 0 Å². The smallest absolute Gasteiger partial charge is 0.181 e. The Labute approximate surface area is 216 Å². The van der Waals surface area contributed by atoms with Crippen molar-refractivity contribution in [3.63, 3.8) is 0 Å². The number of Topliss-reactive ketones (excluding diaryl/α,β-unsaturated/α-hetero) is 1. The van der Waals surface area contributed by atoms with Crippen LogP contribution in [0.25, 0.3) is 10.8 Å². The second-order valence-corrected chi connectivity index (χ2v) is 12.9. The van der Waals surface area contributed by atoms with E-state index in [2.05, 4.69) is 41.3 Å². The minimum atomic E-state index is -1.08. The van der Waals surface area contributed by atoms with Gasteiger partial charge in [0.25, 0.3) is 0 Å². The molecule has 6 aliphatic rings. The summed E-state index contributed by atoms with van der Waals surface area (Å²) in [5.41, 5.74) is 1.97. The molecule has 3 aromatic carbocycles. The molecule has 37 heavy (non-hydrogen) atoms. The van der Waals surface area contributed by atoms with Crippen LogP contribution in [0.2, 0.25) is 0 Å². The third-order valence-electron chi connectivity index (χ3n) is 11.0. The Morgan fingerprint density at radius 2 is 1.73 bits per heavy atom. The molecule has 2 N–H and O–H groups in total. The third kappa shape index (κ3) is 2.42. The molecule has 2 aliphatic heterocycles. The van der Waals surface area contributed by atoms with E-state index in [-0.39, 0.29) is 17.6 Å². The molecule has 4 atom stereocenters.